The summed E-state index contributed by atoms with van der Waals surface area (Å²) in [5.74, 6) is -0.219. The Balaban J connectivity index is 2.00. The van der Waals surface area contributed by atoms with Crippen LogP contribution in [0.5, 0.6) is 0 Å². The fourth-order valence-corrected chi connectivity index (χ4v) is 2.76. The molecule has 1 aliphatic heterocycles. The van der Waals surface area contributed by atoms with Gasteiger partial charge in [-0.3, -0.25) is 0 Å². The lowest BCUT2D eigenvalue weighted by molar-refractivity contribution is 0.591. The van der Waals surface area contributed by atoms with Gasteiger partial charge in [-0.1, -0.05) is 30.3 Å². The van der Waals surface area contributed by atoms with Crippen LogP contribution in [0.1, 0.15) is 29.7 Å². The summed E-state index contributed by atoms with van der Waals surface area (Å²) in [4.78, 5) is 2.19. The lowest BCUT2D eigenvalue weighted by atomic mass is 10.1. The van der Waals surface area contributed by atoms with E-state index >= 15 is 0 Å². The summed E-state index contributed by atoms with van der Waals surface area (Å²) in [6, 6.07) is 13.2. The summed E-state index contributed by atoms with van der Waals surface area (Å²) in [6.07, 6.45) is 0. The van der Waals surface area contributed by atoms with Crippen LogP contribution in [0.4, 0.5) is 10.1 Å². The van der Waals surface area contributed by atoms with Gasteiger partial charge < -0.3 is 10.6 Å². The van der Waals surface area contributed by atoms with Gasteiger partial charge in [0.1, 0.15) is 5.82 Å². The summed E-state index contributed by atoms with van der Waals surface area (Å²) in [5.41, 5.74) is 10.1. The molecule has 2 nitrogen and oxygen atoms in total. The van der Waals surface area contributed by atoms with E-state index in [4.69, 9.17) is 5.73 Å². The van der Waals surface area contributed by atoms with Crippen LogP contribution in [0.3, 0.4) is 0 Å². The first-order valence-corrected chi connectivity index (χ1v) is 6.52. The standard InChI is InChI=1S/C16H17FN2/c1-11(18)16-14(17)7-4-8-15(16)19-9-12-5-2-3-6-13(12)10-19/h2-8,11H,9-10,18H2,1H3. The molecule has 1 unspecified atom stereocenters. The van der Waals surface area contributed by atoms with Gasteiger partial charge in [-0.25, -0.2) is 4.39 Å². The highest BCUT2D eigenvalue weighted by atomic mass is 19.1. The quantitative estimate of drug-likeness (QED) is 0.892. The SMILES string of the molecule is CC(N)c1c(F)cccc1N1Cc2ccccc2C1. The van der Waals surface area contributed by atoms with E-state index < -0.39 is 0 Å². The minimum Gasteiger partial charge on any atom is -0.362 e. The number of rotatable bonds is 2. The molecule has 2 N–H and O–H groups in total. The van der Waals surface area contributed by atoms with Crippen LogP contribution in [0.25, 0.3) is 0 Å². The van der Waals surface area contributed by atoms with Gasteiger partial charge in [-0.15, -0.1) is 0 Å². The second-order valence-corrected chi connectivity index (χ2v) is 5.09. The van der Waals surface area contributed by atoms with Crippen molar-refractivity contribution in [3.05, 3.63) is 65.0 Å². The molecule has 3 heteroatoms. The monoisotopic (exact) mass is 256 g/mol. The molecule has 2 aromatic carbocycles. The van der Waals surface area contributed by atoms with E-state index in [1.807, 2.05) is 25.1 Å². The Morgan fingerprint density at radius 3 is 2.26 bits per heavy atom. The van der Waals surface area contributed by atoms with Crippen LogP contribution >= 0.6 is 0 Å². The van der Waals surface area contributed by atoms with Gasteiger partial charge in [-0.2, -0.15) is 0 Å². The van der Waals surface area contributed by atoms with Crippen LogP contribution in [0.15, 0.2) is 42.5 Å². The molecule has 98 valence electrons. The number of anilines is 1. The maximum atomic E-state index is 14.0. The summed E-state index contributed by atoms with van der Waals surface area (Å²) in [7, 11) is 0. The number of hydrogen-bond acceptors (Lipinski definition) is 2. The van der Waals surface area contributed by atoms with Crippen molar-refractivity contribution in [1.29, 1.82) is 0 Å². The molecule has 0 aromatic heterocycles. The molecule has 1 heterocycles. The number of nitrogens with zero attached hydrogens (tertiary/aromatic N) is 1. The Morgan fingerprint density at radius 1 is 1.05 bits per heavy atom. The Morgan fingerprint density at radius 2 is 1.68 bits per heavy atom. The van der Waals surface area contributed by atoms with Gasteiger partial charge >= 0.3 is 0 Å². The van der Waals surface area contributed by atoms with Gasteiger partial charge in [-0.05, 0) is 30.2 Å². The van der Waals surface area contributed by atoms with Crippen molar-refractivity contribution in [1.82, 2.24) is 0 Å². The molecule has 1 aliphatic rings. The molecule has 0 radical (unpaired) electrons. The van der Waals surface area contributed by atoms with Crippen molar-refractivity contribution in [3.8, 4) is 0 Å². The van der Waals surface area contributed by atoms with Crippen LogP contribution in [-0.4, -0.2) is 0 Å². The van der Waals surface area contributed by atoms with E-state index in [0.29, 0.717) is 5.56 Å². The highest BCUT2D eigenvalue weighted by Gasteiger charge is 2.23. The summed E-state index contributed by atoms with van der Waals surface area (Å²) in [6.45, 7) is 3.46. The Hall–Kier alpha value is -1.87. The van der Waals surface area contributed by atoms with Crippen molar-refractivity contribution >= 4 is 5.69 Å². The fraction of sp³-hybridized carbons (Fsp3) is 0.250. The van der Waals surface area contributed by atoms with Gasteiger partial charge in [0.15, 0.2) is 0 Å². The highest BCUT2D eigenvalue weighted by Crippen LogP contribution is 2.33. The first kappa shape index (κ1) is 12.2. The third-order valence-electron chi connectivity index (χ3n) is 3.67. The molecule has 0 saturated carbocycles. The second-order valence-electron chi connectivity index (χ2n) is 5.09. The third kappa shape index (κ3) is 2.10. The van der Waals surface area contributed by atoms with Crippen molar-refractivity contribution in [2.45, 2.75) is 26.1 Å². The Labute approximate surface area is 112 Å². The normalized spacial score (nSPS) is 15.4. The second kappa shape index (κ2) is 4.67. The van der Waals surface area contributed by atoms with E-state index in [0.717, 1.165) is 18.8 Å². The predicted molar refractivity (Wildman–Crippen MR) is 75.3 cm³/mol. The van der Waals surface area contributed by atoms with E-state index in [-0.39, 0.29) is 11.9 Å². The average molecular weight is 256 g/mol. The number of benzene rings is 2. The molecule has 3 rings (SSSR count). The first-order chi connectivity index (χ1) is 9.16. The van der Waals surface area contributed by atoms with Crippen LogP contribution < -0.4 is 10.6 Å². The minimum atomic E-state index is -0.306. The van der Waals surface area contributed by atoms with Crippen LogP contribution in [0, 0.1) is 5.82 Å². The third-order valence-corrected chi connectivity index (χ3v) is 3.67. The molecular weight excluding hydrogens is 239 g/mol. The van der Waals surface area contributed by atoms with Crippen molar-refractivity contribution in [2.75, 3.05) is 4.90 Å². The van der Waals surface area contributed by atoms with E-state index in [2.05, 4.69) is 17.0 Å². The topological polar surface area (TPSA) is 29.3 Å². The summed E-state index contributed by atoms with van der Waals surface area (Å²) in [5, 5.41) is 0. The van der Waals surface area contributed by atoms with Gasteiger partial charge in [0, 0.05) is 30.4 Å². The van der Waals surface area contributed by atoms with Gasteiger partial charge in [0.25, 0.3) is 0 Å². The molecule has 1 atom stereocenters. The van der Waals surface area contributed by atoms with E-state index in [1.54, 1.807) is 6.07 Å². The molecule has 0 saturated heterocycles. The fourth-order valence-electron chi connectivity index (χ4n) is 2.76. The zero-order valence-corrected chi connectivity index (χ0v) is 10.9. The molecule has 0 amide bonds. The van der Waals surface area contributed by atoms with Gasteiger partial charge in [0.05, 0.1) is 0 Å². The maximum absolute atomic E-state index is 14.0. The molecule has 0 bridgehead atoms. The molecule has 2 aromatic rings. The molecule has 19 heavy (non-hydrogen) atoms. The van der Waals surface area contributed by atoms with Crippen molar-refractivity contribution < 1.29 is 4.39 Å². The van der Waals surface area contributed by atoms with Gasteiger partial charge in [0.2, 0.25) is 0 Å². The number of halogens is 1. The van der Waals surface area contributed by atoms with Crippen molar-refractivity contribution in [2.24, 2.45) is 5.73 Å². The predicted octanol–water partition coefficient (Wildman–Crippen LogP) is 3.37. The molecular formula is C16H17FN2. The molecule has 0 aliphatic carbocycles. The summed E-state index contributed by atoms with van der Waals surface area (Å²) < 4.78 is 14.0. The Bertz CT molecular complexity index is 582. The molecule has 0 fully saturated rings. The average Bonchev–Trinajstić information content (AvgIpc) is 2.81. The first-order valence-electron chi connectivity index (χ1n) is 6.52. The highest BCUT2D eigenvalue weighted by molar-refractivity contribution is 5.58. The van der Waals surface area contributed by atoms with Crippen LogP contribution in [-0.2, 0) is 13.1 Å². The summed E-state index contributed by atoms with van der Waals surface area (Å²) >= 11 is 0. The lowest BCUT2D eigenvalue weighted by Crippen LogP contribution is -2.20. The van der Waals surface area contributed by atoms with Crippen molar-refractivity contribution in [3.63, 3.8) is 0 Å². The maximum Gasteiger partial charge on any atom is 0.130 e. The smallest absolute Gasteiger partial charge is 0.130 e. The minimum absolute atomic E-state index is 0.219. The molecule has 0 spiro atoms. The largest absolute Gasteiger partial charge is 0.362 e. The zero-order valence-electron chi connectivity index (χ0n) is 10.9. The van der Waals surface area contributed by atoms with E-state index in [9.17, 15) is 4.39 Å². The van der Waals surface area contributed by atoms with Crippen LogP contribution in [0.2, 0.25) is 0 Å². The number of hydrogen-bond donors (Lipinski definition) is 1. The number of nitrogens with two attached hydrogens (primary N) is 1. The van der Waals surface area contributed by atoms with E-state index in [1.165, 1.54) is 17.2 Å². The zero-order chi connectivity index (χ0) is 13.4. The Kier molecular flexibility index (Phi) is 2.99. The number of fused-ring (bicyclic) bond motifs is 1. The lowest BCUT2D eigenvalue weighted by Gasteiger charge is -2.23.